The summed E-state index contributed by atoms with van der Waals surface area (Å²) in [6.07, 6.45) is 17.9. The maximum Gasteiger partial charge on any atom is 0.0186 e. The molecule has 6 rings (SSSR count). The topological polar surface area (TPSA) is 6.48 Å². The van der Waals surface area contributed by atoms with Gasteiger partial charge in [-0.25, -0.2) is 0 Å². The highest BCUT2D eigenvalue weighted by atomic mass is 15.3. The Morgan fingerprint density at radius 3 is 1.37 bits per heavy atom. The van der Waals surface area contributed by atoms with Crippen LogP contribution in [0.5, 0.6) is 0 Å². The van der Waals surface area contributed by atoms with Gasteiger partial charge in [0.25, 0.3) is 0 Å². The highest BCUT2D eigenvalue weighted by Crippen LogP contribution is 2.71. The van der Waals surface area contributed by atoms with Crippen molar-refractivity contribution in [2.24, 2.45) is 33.5 Å². The van der Waals surface area contributed by atoms with E-state index in [9.17, 15) is 0 Å². The number of likely N-dealkylation sites (tertiary alicyclic amines) is 2. The van der Waals surface area contributed by atoms with Crippen LogP contribution in [0.2, 0.25) is 0 Å². The molecule has 220 valence electrons. The van der Waals surface area contributed by atoms with Gasteiger partial charge >= 0.3 is 0 Å². The Morgan fingerprint density at radius 1 is 0.474 bits per heavy atom. The minimum Gasteiger partial charge on any atom is -0.291 e. The molecule has 8 atom stereocenters. The second-order valence-corrected chi connectivity index (χ2v) is 19.1. The summed E-state index contributed by atoms with van der Waals surface area (Å²) in [5, 5.41) is 0. The lowest BCUT2D eigenvalue weighted by molar-refractivity contribution is 0.00664. The molecular weight excluding hydrogens is 460 g/mol. The van der Waals surface area contributed by atoms with Gasteiger partial charge in [-0.3, -0.25) is 9.80 Å². The molecule has 0 bridgehead atoms. The average Bonchev–Trinajstić information content (AvgIpc) is 3.05. The molecule has 0 aromatic rings. The van der Waals surface area contributed by atoms with Crippen molar-refractivity contribution in [2.45, 2.75) is 195 Å². The van der Waals surface area contributed by atoms with Crippen LogP contribution in [-0.2, 0) is 0 Å². The predicted octanol–water partition coefficient (Wildman–Crippen LogP) is 9.71. The quantitative estimate of drug-likeness (QED) is 0.310. The van der Waals surface area contributed by atoms with Crippen molar-refractivity contribution in [3.05, 3.63) is 0 Å². The van der Waals surface area contributed by atoms with E-state index in [0.717, 1.165) is 41.4 Å². The Bertz CT molecular complexity index is 848. The minimum atomic E-state index is 0.317. The van der Waals surface area contributed by atoms with E-state index in [0.29, 0.717) is 27.3 Å². The van der Waals surface area contributed by atoms with Crippen LogP contribution in [0.4, 0.5) is 0 Å². The summed E-state index contributed by atoms with van der Waals surface area (Å²) < 4.78 is 0. The normalized spacial score (nSPS) is 43.6. The lowest BCUT2D eigenvalue weighted by Crippen LogP contribution is -2.54. The van der Waals surface area contributed by atoms with E-state index < -0.39 is 0 Å². The maximum absolute atomic E-state index is 2.98. The second-order valence-electron chi connectivity index (χ2n) is 19.1. The van der Waals surface area contributed by atoms with Gasteiger partial charge in [-0.15, -0.1) is 0 Å². The van der Waals surface area contributed by atoms with Gasteiger partial charge in [0.05, 0.1) is 0 Å². The molecule has 2 nitrogen and oxygen atoms in total. The average molecular weight is 527 g/mol. The third-order valence-corrected chi connectivity index (χ3v) is 12.5. The van der Waals surface area contributed by atoms with E-state index in [1.807, 2.05) is 0 Å². The fourth-order valence-electron chi connectivity index (χ4n) is 11.7. The molecule has 8 unspecified atom stereocenters. The Morgan fingerprint density at radius 2 is 0.895 bits per heavy atom. The number of hydrogen-bond donors (Lipinski definition) is 0. The van der Waals surface area contributed by atoms with Gasteiger partial charge in [0.2, 0.25) is 0 Å². The van der Waals surface area contributed by atoms with Crippen LogP contribution >= 0.6 is 0 Å². The van der Waals surface area contributed by atoms with Gasteiger partial charge in [-0.2, -0.15) is 0 Å². The van der Waals surface area contributed by atoms with Crippen LogP contribution in [0.15, 0.2) is 0 Å². The summed E-state index contributed by atoms with van der Waals surface area (Å²) in [7, 11) is 0. The number of nitrogens with zero attached hydrogens (tertiary/aromatic N) is 2. The van der Waals surface area contributed by atoms with Gasteiger partial charge < -0.3 is 0 Å². The van der Waals surface area contributed by atoms with Gasteiger partial charge in [0.1, 0.15) is 0 Å². The molecule has 0 aromatic carbocycles. The van der Waals surface area contributed by atoms with Crippen molar-refractivity contribution in [2.75, 3.05) is 0 Å². The molecule has 2 saturated heterocycles. The van der Waals surface area contributed by atoms with Crippen LogP contribution in [0.1, 0.15) is 160 Å². The van der Waals surface area contributed by atoms with E-state index in [1.165, 1.54) is 77.0 Å². The van der Waals surface area contributed by atoms with E-state index >= 15 is 0 Å². The van der Waals surface area contributed by atoms with Gasteiger partial charge in [0.15, 0.2) is 0 Å². The zero-order chi connectivity index (χ0) is 28.1. The third kappa shape index (κ3) is 4.57. The fraction of sp³-hybridized carbons (Fsp3) is 1.00. The number of piperidine rings is 1. The highest BCUT2D eigenvalue weighted by Gasteiger charge is 2.72. The molecule has 0 radical (unpaired) electrons. The van der Waals surface area contributed by atoms with Crippen LogP contribution in [0.25, 0.3) is 0 Å². The van der Waals surface area contributed by atoms with E-state index in [4.69, 9.17) is 0 Å². The SMILES string of the molecule is CC(C)(C)C1C2CCCCC23CC3N1C(C)(C)C.CC(C)(C)C1C2CCCCC23CCCC3N1C(C)(C)C. The van der Waals surface area contributed by atoms with Crippen molar-refractivity contribution in [3.63, 3.8) is 0 Å². The Balaban J connectivity index is 0.000000156. The standard InChI is InChI=1S/C19H35N.C17H31N/c1-17(2,3)16-14-10-7-8-12-19(14)13-9-11-15(19)20(16)18(4,5)6;1-15(2,3)14-12-9-7-8-10-17(12)11-13(17)18(14)16(4,5)6/h14-16H,7-13H2,1-6H3;12-14H,7-11H2,1-6H3. The lowest BCUT2D eigenvalue weighted by atomic mass is 9.61. The molecule has 2 spiro atoms. The van der Waals surface area contributed by atoms with Crippen molar-refractivity contribution >= 4 is 0 Å². The Kier molecular flexibility index (Phi) is 7.13. The molecule has 0 amide bonds. The van der Waals surface area contributed by atoms with Crippen molar-refractivity contribution in [1.29, 1.82) is 0 Å². The first-order valence-electron chi connectivity index (χ1n) is 16.9. The van der Waals surface area contributed by atoms with E-state index in [-0.39, 0.29) is 0 Å². The van der Waals surface area contributed by atoms with Crippen LogP contribution in [0.3, 0.4) is 0 Å². The zero-order valence-electron chi connectivity index (χ0n) is 27.8. The predicted molar refractivity (Wildman–Crippen MR) is 164 cm³/mol. The molecule has 2 heterocycles. The largest absolute Gasteiger partial charge is 0.291 e. The monoisotopic (exact) mass is 527 g/mol. The summed E-state index contributed by atoms with van der Waals surface area (Å²) >= 11 is 0. The Labute approximate surface area is 238 Å². The van der Waals surface area contributed by atoms with Gasteiger partial charge in [-0.05, 0) is 120 Å². The molecule has 6 aliphatic rings. The summed E-state index contributed by atoms with van der Waals surface area (Å²) in [6.45, 7) is 29.5. The zero-order valence-corrected chi connectivity index (χ0v) is 27.8. The first-order valence-corrected chi connectivity index (χ1v) is 16.9. The highest BCUT2D eigenvalue weighted by molar-refractivity contribution is 5.25. The molecule has 6 fully saturated rings. The summed E-state index contributed by atoms with van der Waals surface area (Å²) in [5.74, 6) is 1.94. The van der Waals surface area contributed by atoms with E-state index in [1.54, 1.807) is 0 Å². The molecule has 4 saturated carbocycles. The molecule has 4 aliphatic carbocycles. The van der Waals surface area contributed by atoms with Gasteiger partial charge in [-0.1, -0.05) is 73.6 Å². The number of hydrogen-bond acceptors (Lipinski definition) is 2. The molecular formula is C36H66N2. The fourth-order valence-corrected chi connectivity index (χ4v) is 11.7. The van der Waals surface area contributed by atoms with Crippen molar-refractivity contribution in [3.8, 4) is 0 Å². The molecule has 38 heavy (non-hydrogen) atoms. The first kappa shape index (κ1) is 29.4. The van der Waals surface area contributed by atoms with Gasteiger partial charge in [0, 0.05) is 35.2 Å². The van der Waals surface area contributed by atoms with Crippen LogP contribution in [-0.4, -0.2) is 45.0 Å². The van der Waals surface area contributed by atoms with Crippen LogP contribution in [0, 0.1) is 33.5 Å². The molecule has 0 N–H and O–H groups in total. The van der Waals surface area contributed by atoms with Crippen LogP contribution < -0.4 is 0 Å². The lowest BCUT2D eigenvalue weighted by Gasteiger charge is -2.48. The smallest absolute Gasteiger partial charge is 0.0186 e. The van der Waals surface area contributed by atoms with Crippen molar-refractivity contribution < 1.29 is 0 Å². The summed E-state index contributed by atoms with van der Waals surface area (Å²) in [4.78, 5) is 5.90. The minimum absolute atomic E-state index is 0.317. The van der Waals surface area contributed by atoms with E-state index in [2.05, 4.69) is 92.9 Å². The third-order valence-electron chi connectivity index (χ3n) is 12.5. The van der Waals surface area contributed by atoms with Crippen molar-refractivity contribution in [1.82, 2.24) is 9.80 Å². The summed E-state index contributed by atoms with van der Waals surface area (Å²) in [5.41, 5.74) is 2.91. The second kappa shape index (κ2) is 9.21. The number of rotatable bonds is 0. The first-order chi connectivity index (χ1) is 17.4. The Hall–Kier alpha value is -0.0800. The molecule has 0 aromatic heterocycles. The maximum atomic E-state index is 2.98. The molecule has 2 aliphatic heterocycles. The molecule has 2 heteroatoms. The summed E-state index contributed by atoms with van der Waals surface area (Å²) in [6, 6.07) is 3.37.